The SMILES string of the molecule is CCCCCOCCOCCOCCOCCNC(=O)CCCCCCCCOC(C)C. The third-order valence-electron chi connectivity index (χ3n) is 4.83. The second kappa shape index (κ2) is 26.5. The molecule has 0 aromatic heterocycles. The summed E-state index contributed by atoms with van der Waals surface area (Å²) in [5, 5.41) is 2.91. The van der Waals surface area contributed by atoms with Gasteiger partial charge in [-0.2, -0.15) is 0 Å². The van der Waals surface area contributed by atoms with Crippen LogP contribution in [-0.2, 0) is 28.5 Å². The van der Waals surface area contributed by atoms with E-state index in [2.05, 4.69) is 26.1 Å². The molecular weight excluding hydrogens is 410 g/mol. The molecule has 0 unspecified atom stereocenters. The third kappa shape index (κ3) is 27.3. The molecule has 0 heterocycles. The fourth-order valence-corrected chi connectivity index (χ4v) is 2.98. The van der Waals surface area contributed by atoms with Crippen LogP contribution in [0.2, 0.25) is 0 Å². The van der Waals surface area contributed by atoms with E-state index in [9.17, 15) is 4.79 Å². The molecule has 1 N–H and O–H groups in total. The quantitative estimate of drug-likeness (QED) is 0.191. The van der Waals surface area contributed by atoms with E-state index in [4.69, 9.17) is 23.7 Å². The minimum Gasteiger partial charge on any atom is -0.379 e. The number of hydrogen-bond donors (Lipinski definition) is 1. The van der Waals surface area contributed by atoms with Gasteiger partial charge in [-0.1, -0.05) is 45.4 Å². The van der Waals surface area contributed by atoms with Gasteiger partial charge in [0.1, 0.15) is 0 Å². The zero-order valence-electron chi connectivity index (χ0n) is 21.2. The molecule has 0 aromatic rings. The van der Waals surface area contributed by atoms with Crippen LogP contribution in [0.1, 0.15) is 85.0 Å². The number of amides is 1. The van der Waals surface area contributed by atoms with E-state index in [1.54, 1.807) is 0 Å². The molecule has 0 fully saturated rings. The second-order valence-corrected chi connectivity index (χ2v) is 8.30. The Morgan fingerprint density at radius 3 is 1.72 bits per heavy atom. The van der Waals surface area contributed by atoms with Gasteiger partial charge in [0.05, 0.1) is 52.4 Å². The highest BCUT2D eigenvalue weighted by atomic mass is 16.6. The van der Waals surface area contributed by atoms with Crippen LogP contribution in [0, 0.1) is 0 Å². The maximum atomic E-state index is 11.8. The van der Waals surface area contributed by atoms with Gasteiger partial charge in [0.25, 0.3) is 0 Å². The maximum Gasteiger partial charge on any atom is 0.220 e. The number of nitrogens with one attached hydrogen (secondary N) is 1. The van der Waals surface area contributed by atoms with Crippen LogP contribution in [0.25, 0.3) is 0 Å². The molecule has 0 aromatic carbocycles. The predicted octanol–water partition coefficient (Wildman–Crippen LogP) is 4.51. The van der Waals surface area contributed by atoms with E-state index >= 15 is 0 Å². The molecule has 192 valence electrons. The average molecular weight is 462 g/mol. The molecule has 7 nitrogen and oxygen atoms in total. The van der Waals surface area contributed by atoms with Gasteiger partial charge < -0.3 is 29.0 Å². The molecule has 0 atom stereocenters. The predicted molar refractivity (Wildman–Crippen MR) is 129 cm³/mol. The molecule has 0 aliphatic heterocycles. The number of carbonyl (C=O) groups excluding carboxylic acids is 1. The molecule has 0 aliphatic rings. The fourth-order valence-electron chi connectivity index (χ4n) is 2.98. The van der Waals surface area contributed by atoms with Crippen molar-refractivity contribution < 1.29 is 28.5 Å². The Kier molecular flexibility index (Phi) is 25.9. The Hall–Kier alpha value is -0.730. The summed E-state index contributed by atoms with van der Waals surface area (Å²) < 4.78 is 27.4. The average Bonchev–Trinajstić information content (AvgIpc) is 2.77. The number of carbonyl (C=O) groups is 1. The Bertz CT molecular complexity index is 381. The van der Waals surface area contributed by atoms with Gasteiger partial charge in [-0.25, -0.2) is 0 Å². The van der Waals surface area contributed by atoms with Crippen molar-refractivity contribution in [2.45, 2.75) is 91.1 Å². The summed E-state index contributed by atoms with van der Waals surface area (Å²) in [7, 11) is 0. The lowest BCUT2D eigenvalue weighted by Crippen LogP contribution is -2.27. The molecule has 0 bridgehead atoms. The van der Waals surface area contributed by atoms with Crippen molar-refractivity contribution in [1.82, 2.24) is 5.32 Å². The molecule has 32 heavy (non-hydrogen) atoms. The summed E-state index contributed by atoms with van der Waals surface area (Å²) in [6.45, 7) is 12.5. The van der Waals surface area contributed by atoms with Crippen molar-refractivity contribution in [2.75, 3.05) is 66.0 Å². The van der Waals surface area contributed by atoms with E-state index in [0.29, 0.717) is 65.3 Å². The minimum absolute atomic E-state index is 0.113. The topological polar surface area (TPSA) is 75.3 Å². The molecule has 1 amide bonds. The fraction of sp³-hybridized carbons (Fsp3) is 0.960. The van der Waals surface area contributed by atoms with Gasteiger partial charge in [0.2, 0.25) is 5.91 Å². The van der Waals surface area contributed by atoms with E-state index in [-0.39, 0.29) is 5.91 Å². The van der Waals surface area contributed by atoms with Crippen LogP contribution < -0.4 is 5.32 Å². The Morgan fingerprint density at radius 2 is 1.12 bits per heavy atom. The summed E-state index contributed by atoms with van der Waals surface area (Å²) in [6.07, 6.45) is 11.3. The van der Waals surface area contributed by atoms with Gasteiger partial charge >= 0.3 is 0 Å². The van der Waals surface area contributed by atoms with E-state index < -0.39 is 0 Å². The number of ether oxygens (including phenoxy) is 5. The van der Waals surface area contributed by atoms with Crippen molar-refractivity contribution in [2.24, 2.45) is 0 Å². The standard InChI is InChI=1S/C25H51NO6/c1-4-5-11-15-28-18-20-30-22-23-31-21-19-29-17-14-26-25(27)13-10-8-6-7-9-12-16-32-24(2)3/h24H,4-23H2,1-3H3,(H,26,27). The molecular formula is C25H51NO6. The highest BCUT2D eigenvalue weighted by molar-refractivity contribution is 5.75. The molecule has 0 saturated carbocycles. The molecule has 0 saturated heterocycles. The second-order valence-electron chi connectivity index (χ2n) is 8.30. The largest absolute Gasteiger partial charge is 0.379 e. The van der Waals surface area contributed by atoms with Crippen LogP contribution in [0.4, 0.5) is 0 Å². The Balaban J connectivity index is 3.14. The number of hydrogen-bond acceptors (Lipinski definition) is 6. The molecule has 0 radical (unpaired) electrons. The molecule has 0 aliphatic carbocycles. The first kappa shape index (κ1) is 31.3. The van der Waals surface area contributed by atoms with Crippen molar-refractivity contribution >= 4 is 5.91 Å². The molecule has 0 spiro atoms. The van der Waals surface area contributed by atoms with Crippen molar-refractivity contribution in [3.63, 3.8) is 0 Å². The lowest BCUT2D eigenvalue weighted by molar-refractivity contribution is -0.121. The third-order valence-corrected chi connectivity index (χ3v) is 4.83. The van der Waals surface area contributed by atoms with E-state index in [1.165, 1.54) is 32.1 Å². The molecule has 0 rings (SSSR count). The highest BCUT2D eigenvalue weighted by Crippen LogP contribution is 2.07. The smallest absolute Gasteiger partial charge is 0.220 e. The van der Waals surface area contributed by atoms with Crippen LogP contribution in [-0.4, -0.2) is 78.0 Å². The van der Waals surface area contributed by atoms with Gasteiger partial charge in [0, 0.05) is 26.2 Å². The first-order valence-electron chi connectivity index (χ1n) is 12.9. The lowest BCUT2D eigenvalue weighted by atomic mass is 10.1. The number of unbranched alkanes of at least 4 members (excludes halogenated alkanes) is 7. The Morgan fingerprint density at radius 1 is 0.625 bits per heavy atom. The minimum atomic E-state index is 0.113. The van der Waals surface area contributed by atoms with Gasteiger partial charge in [0.15, 0.2) is 0 Å². The van der Waals surface area contributed by atoms with Crippen LogP contribution in [0.5, 0.6) is 0 Å². The zero-order chi connectivity index (χ0) is 23.5. The van der Waals surface area contributed by atoms with Gasteiger partial charge in [-0.3, -0.25) is 4.79 Å². The van der Waals surface area contributed by atoms with Crippen molar-refractivity contribution in [3.8, 4) is 0 Å². The number of rotatable bonds is 26. The Labute approximate surface area is 197 Å². The van der Waals surface area contributed by atoms with Gasteiger partial charge in [-0.05, 0) is 33.1 Å². The first-order chi connectivity index (χ1) is 15.7. The summed E-state index contributed by atoms with van der Waals surface area (Å²) in [5.41, 5.74) is 0. The first-order valence-corrected chi connectivity index (χ1v) is 12.9. The van der Waals surface area contributed by atoms with Gasteiger partial charge in [-0.15, -0.1) is 0 Å². The molecule has 7 heteroatoms. The lowest BCUT2D eigenvalue weighted by Gasteiger charge is -2.08. The van der Waals surface area contributed by atoms with Crippen molar-refractivity contribution in [3.05, 3.63) is 0 Å². The summed E-state index contributed by atoms with van der Waals surface area (Å²) >= 11 is 0. The van der Waals surface area contributed by atoms with Crippen LogP contribution in [0.3, 0.4) is 0 Å². The van der Waals surface area contributed by atoms with Crippen molar-refractivity contribution in [1.29, 1.82) is 0 Å². The monoisotopic (exact) mass is 461 g/mol. The summed E-state index contributed by atoms with van der Waals surface area (Å²) in [5.74, 6) is 0.113. The van der Waals surface area contributed by atoms with Crippen LogP contribution in [0.15, 0.2) is 0 Å². The highest BCUT2D eigenvalue weighted by Gasteiger charge is 2.01. The maximum absolute atomic E-state index is 11.8. The van der Waals surface area contributed by atoms with E-state index in [1.807, 2.05) is 0 Å². The summed E-state index contributed by atoms with van der Waals surface area (Å²) in [4.78, 5) is 11.8. The van der Waals surface area contributed by atoms with E-state index in [0.717, 1.165) is 38.9 Å². The normalized spacial score (nSPS) is 11.4. The summed E-state index contributed by atoms with van der Waals surface area (Å²) in [6, 6.07) is 0. The zero-order valence-corrected chi connectivity index (χ0v) is 21.2. The van der Waals surface area contributed by atoms with Crippen LogP contribution >= 0.6 is 0 Å².